The van der Waals surface area contributed by atoms with E-state index in [2.05, 4.69) is 5.32 Å². The topological polar surface area (TPSA) is 66.5 Å². The number of hydrogen-bond acceptors (Lipinski definition) is 4. The lowest BCUT2D eigenvalue weighted by Crippen LogP contribution is -2.34. The third-order valence-electron chi connectivity index (χ3n) is 3.47. The van der Waals surface area contributed by atoms with Crippen molar-refractivity contribution in [2.45, 2.75) is 26.1 Å². The molecule has 2 unspecified atom stereocenters. The number of amides is 1. The molecule has 1 aliphatic rings. The molecule has 0 aliphatic carbocycles. The lowest BCUT2D eigenvalue weighted by Gasteiger charge is -2.24. The number of carbonyl (C=O) groups is 1. The second kappa shape index (κ2) is 5.54. The van der Waals surface area contributed by atoms with Crippen LogP contribution in [0, 0.1) is 6.92 Å². The van der Waals surface area contributed by atoms with Crippen LogP contribution in [0.4, 0.5) is 0 Å². The predicted molar refractivity (Wildman–Crippen MR) is 77.9 cm³/mol. The predicted octanol–water partition coefficient (Wildman–Crippen LogP) is 0.859. The van der Waals surface area contributed by atoms with Gasteiger partial charge in [0, 0.05) is 12.8 Å². The van der Waals surface area contributed by atoms with Crippen molar-refractivity contribution in [3.05, 3.63) is 35.4 Å². The fourth-order valence-corrected chi connectivity index (χ4v) is 2.83. The molecule has 0 radical (unpaired) electrons. The van der Waals surface area contributed by atoms with Gasteiger partial charge in [0.2, 0.25) is 5.91 Å². The fraction of sp³-hybridized carbons (Fsp3) is 0.500. The molecule has 2 rings (SSSR count). The molecule has 0 bridgehead atoms. The fourth-order valence-electron chi connectivity index (χ4n) is 2.30. The molecule has 1 aliphatic heterocycles. The Morgan fingerprint density at radius 2 is 1.85 bits per heavy atom. The zero-order valence-electron chi connectivity index (χ0n) is 12.0. The molecule has 1 saturated heterocycles. The molecular weight excluding hydrogens is 276 g/mol. The van der Waals surface area contributed by atoms with E-state index in [0.29, 0.717) is 0 Å². The van der Waals surface area contributed by atoms with Crippen molar-refractivity contribution in [2.24, 2.45) is 0 Å². The van der Waals surface area contributed by atoms with Crippen molar-refractivity contribution in [1.82, 2.24) is 10.2 Å². The third-order valence-corrected chi connectivity index (χ3v) is 4.39. The molecule has 1 heterocycles. The number of sulfone groups is 1. The van der Waals surface area contributed by atoms with Gasteiger partial charge in [0.15, 0.2) is 0 Å². The maximum Gasteiger partial charge on any atom is 0.241 e. The molecule has 2 atom stereocenters. The van der Waals surface area contributed by atoms with Crippen LogP contribution in [0.15, 0.2) is 24.3 Å². The number of benzene rings is 1. The zero-order chi connectivity index (χ0) is 14.9. The van der Waals surface area contributed by atoms with E-state index in [-0.39, 0.29) is 30.4 Å². The summed E-state index contributed by atoms with van der Waals surface area (Å²) in [7, 11) is -3.09. The number of aryl methyl sites for hydroxylation is 1. The lowest BCUT2D eigenvalue weighted by molar-refractivity contribution is -0.129. The third kappa shape index (κ3) is 3.37. The average molecular weight is 296 g/mol. The Balaban J connectivity index is 2.21. The summed E-state index contributed by atoms with van der Waals surface area (Å²) in [5.74, 6) is -0.0746. The minimum Gasteiger partial charge on any atom is -0.321 e. The van der Waals surface area contributed by atoms with Gasteiger partial charge in [-0.3, -0.25) is 10.1 Å². The summed E-state index contributed by atoms with van der Waals surface area (Å²) < 4.78 is 22.6. The normalized spacial score (nSPS) is 23.4. The summed E-state index contributed by atoms with van der Waals surface area (Å²) in [4.78, 5) is 13.7. The van der Waals surface area contributed by atoms with Gasteiger partial charge in [-0.2, -0.15) is 0 Å². The Labute approximate surface area is 119 Å². The quantitative estimate of drug-likeness (QED) is 0.895. The first-order valence-corrected chi connectivity index (χ1v) is 8.65. The van der Waals surface area contributed by atoms with Gasteiger partial charge in [0.25, 0.3) is 0 Å². The van der Waals surface area contributed by atoms with Crippen molar-refractivity contribution >= 4 is 15.7 Å². The van der Waals surface area contributed by atoms with Crippen LogP contribution in [0.25, 0.3) is 0 Å². The van der Waals surface area contributed by atoms with Crippen LogP contribution in [-0.2, 0) is 14.6 Å². The number of nitrogens with zero attached hydrogens (tertiary/aromatic N) is 1. The molecule has 5 nitrogen and oxygen atoms in total. The second-order valence-electron chi connectivity index (χ2n) is 5.36. The second-order valence-corrected chi connectivity index (χ2v) is 7.62. The number of carbonyl (C=O) groups excluding carboxylic acids is 1. The van der Waals surface area contributed by atoms with Gasteiger partial charge in [-0.25, -0.2) is 8.42 Å². The number of nitrogens with one attached hydrogen (secondary N) is 1. The molecule has 6 heteroatoms. The Morgan fingerprint density at radius 1 is 1.25 bits per heavy atom. The first kappa shape index (κ1) is 15.0. The largest absolute Gasteiger partial charge is 0.321 e. The highest BCUT2D eigenvalue weighted by molar-refractivity contribution is 7.90. The van der Waals surface area contributed by atoms with Crippen LogP contribution >= 0.6 is 0 Å². The van der Waals surface area contributed by atoms with Gasteiger partial charge in [0.1, 0.15) is 16.0 Å². The van der Waals surface area contributed by atoms with Crippen LogP contribution in [-0.4, -0.2) is 43.8 Å². The van der Waals surface area contributed by atoms with E-state index in [9.17, 15) is 13.2 Å². The van der Waals surface area contributed by atoms with E-state index in [1.165, 1.54) is 6.26 Å². The summed E-state index contributed by atoms with van der Waals surface area (Å²) in [5, 5.41) is 3.21. The first-order valence-electron chi connectivity index (χ1n) is 6.59. The molecule has 1 fully saturated rings. The van der Waals surface area contributed by atoms with Crippen molar-refractivity contribution in [3.63, 3.8) is 0 Å². The highest BCUT2D eigenvalue weighted by atomic mass is 32.2. The van der Waals surface area contributed by atoms with Crippen molar-refractivity contribution < 1.29 is 13.2 Å². The highest BCUT2D eigenvalue weighted by Crippen LogP contribution is 2.25. The molecule has 1 aromatic rings. The maximum absolute atomic E-state index is 12.1. The van der Waals surface area contributed by atoms with Gasteiger partial charge in [-0.15, -0.1) is 0 Å². The van der Waals surface area contributed by atoms with E-state index < -0.39 is 9.84 Å². The summed E-state index contributed by atoms with van der Waals surface area (Å²) in [6.45, 7) is 4.01. The Hall–Kier alpha value is -1.40. The molecule has 1 aromatic carbocycles. The van der Waals surface area contributed by atoms with Crippen molar-refractivity contribution in [1.29, 1.82) is 0 Å². The van der Waals surface area contributed by atoms with Gasteiger partial charge < -0.3 is 4.90 Å². The monoisotopic (exact) mass is 296 g/mol. The molecular formula is C14H20N2O3S. The minimum absolute atomic E-state index is 0.0184. The molecule has 0 aromatic heterocycles. The average Bonchev–Trinajstić information content (AvgIpc) is 2.63. The zero-order valence-corrected chi connectivity index (χ0v) is 12.8. The summed E-state index contributed by atoms with van der Waals surface area (Å²) in [6.07, 6.45) is 0.936. The van der Waals surface area contributed by atoms with E-state index in [1.54, 1.807) is 11.8 Å². The standard InChI is InChI=1S/C14H20N2O3S/c1-10-4-6-12(7-5-10)13-15-11(2)14(17)16(13)8-9-20(3,18)19/h4-7,11,13,15H,8-9H2,1-3H3. The summed E-state index contributed by atoms with van der Waals surface area (Å²) in [6, 6.07) is 7.61. The first-order chi connectivity index (χ1) is 9.28. The Morgan fingerprint density at radius 3 is 2.40 bits per heavy atom. The molecule has 0 spiro atoms. The molecule has 0 saturated carbocycles. The van der Waals surface area contributed by atoms with Crippen LogP contribution in [0.5, 0.6) is 0 Å². The molecule has 1 amide bonds. The van der Waals surface area contributed by atoms with E-state index in [0.717, 1.165) is 11.1 Å². The number of hydrogen-bond donors (Lipinski definition) is 1. The van der Waals surface area contributed by atoms with Gasteiger partial charge >= 0.3 is 0 Å². The lowest BCUT2D eigenvalue weighted by atomic mass is 10.1. The van der Waals surface area contributed by atoms with Crippen molar-refractivity contribution in [3.8, 4) is 0 Å². The van der Waals surface area contributed by atoms with Crippen LogP contribution in [0.3, 0.4) is 0 Å². The van der Waals surface area contributed by atoms with Gasteiger partial charge in [-0.1, -0.05) is 29.8 Å². The smallest absolute Gasteiger partial charge is 0.241 e. The van der Waals surface area contributed by atoms with Gasteiger partial charge in [0.05, 0.1) is 11.8 Å². The van der Waals surface area contributed by atoms with E-state index in [4.69, 9.17) is 0 Å². The summed E-state index contributed by atoms with van der Waals surface area (Å²) >= 11 is 0. The van der Waals surface area contributed by atoms with Crippen molar-refractivity contribution in [2.75, 3.05) is 18.6 Å². The number of rotatable bonds is 4. The SMILES string of the molecule is Cc1ccc(C2NC(C)C(=O)N2CCS(C)(=O)=O)cc1. The van der Waals surface area contributed by atoms with Crippen LogP contribution in [0.2, 0.25) is 0 Å². The molecule has 20 heavy (non-hydrogen) atoms. The van der Waals surface area contributed by atoms with Crippen LogP contribution in [0.1, 0.15) is 24.2 Å². The maximum atomic E-state index is 12.1. The van der Waals surface area contributed by atoms with E-state index >= 15 is 0 Å². The van der Waals surface area contributed by atoms with Gasteiger partial charge in [-0.05, 0) is 19.4 Å². The Kier molecular flexibility index (Phi) is 4.15. The van der Waals surface area contributed by atoms with Crippen LogP contribution < -0.4 is 5.32 Å². The summed E-state index contributed by atoms with van der Waals surface area (Å²) in [5.41, 5.74) is 2.12. The molecule has 110 valence electrons. The minimum atomic E-state index is -3.09. The highest BCUT2D eigenvalue weighted by Gasteiger charge is 2.37. The Bertz CT molecular complexity index is 595. The van der Waals surface area contributed by atoms with E-state index in [1.807, 2.05) is 31.2 Å². The molecule has 1 N–H and O–H groups in total.